The monoisotopic (exact) mass is 1820 g/mol. The Bertz CT molecular complexity index is 5440. The number of carbonyl (C=O) groups is 1. The predicted molar refractivity (Wildman–Crippen MR) is 419 cm³/mol. The number of halogens is 10. The highest BCUT2D eigenvalue weighted by atomic mass is 35.5. The van der Waals surface area contributed by atoms with Crippen molar-refractivity contribution in [1.29, 1.82) is 0 Å². The highest BCUT2D eigenvalue weighted by Gasteiger charge is 2.24. The number of hydrogen-bond acceptors (Lipinski definition) is 17. The average molecular weight is 1830 g/mol. The summed E-state index contributed by atoms with van der Waals surface area (Å²) in [6.07, 6.45) is 2.62. The van der Waals surface area contributed by atoms with E-state index in [9.17, 15) is 68.3 Å². The minimum Gasteiger partial charge on any atom is -0.294 e. The summed E-state index contributed by atoms with van der Waals surface area (Å²) in [5.74, 6) is 0.161. The molecule has 0 bridgehead atoms. The van der Waals surface area contributed by atoms with Crippen LogP contribution in [0, 0.1) is 0 Å². The molecule has 0 unspecified atom stereocenters. The summed E-state index contributed by atoms with van der Waals surface area (Å²) >= 11 is 61.9. The van der Waals surface area contributed by atoms with Crippen molar-refractivity contribution in [3.63, 3.8) is 0 Å². The van der Waals surface area contributed by atoms with Gasteiger partial charge >= 0.3 is 0 Å². The van der Waals surface area contributed by atoms with Crippen molar-refractivity contribution in [1.82, 2.24) is 0 Å². The molecule has 0 fully saturated rings. The van der Waals surface area contributed by atoms with E-state index in [1.165, 1.54) is 72.4 Å². The van der Waals surface area contributed by atoms with E-state index in [0.29, 0.717) is 76.0 Å². The molecule has 21 nitrogen and oxygen atoms in total. The normalized spacial score (nSPS) is 11.9. The van der Waals surface area contributed by atoms with Crippen LogP contribution in [0.1, 0.15) is 51.0 Å². The Morgan fingerprint density at radius 2 is 0.698 bits per heavy atom. The molecule has 0 spiro atoms. The molecule has 0 radical (unpaired) electrons. The second-order valence-corrected chi connectivity index (χ2v) is 39.0. The quantitative estimate of drug-likeness (QED) is 0.0176. The zero-order valence-electron chi connectivity index (χ0n) is 53.9. The van der Waals surface area contributed by atoms with Crippen molar-refractivity contribution < 1.29 is 91.0 Å². The fourth-order valence-electron chi connectivity index (χ4n) is 8.73. The molecule has 0 aliphatic heterocycles. The lowest BCUT2D eigenvalue weighted by molar-refractivity contribution is 0.0982. The Morgan fingerprint density at radius 1 is 0.311 bits per heavy atom. The van der Waals surface area contributed by atoms with E-state index in [0.717, 1.165) is 51.5 Å². The number of sulfone groups is 1. The Labute approximate surface area is 672 Å². The van der Waals surface area contributed by atoms with E-state index in [1.807, 2.05) is 12.1 Å². The van der Waals surface area contributed by atoms with E-state index >= 15 is 0 Å². The summed E-state index contributed by atoms with van der Waals surface area (Å²) in [5, 5.41) is 4.58. The van der Waals surface area contributed by atoms with E-state index in [-0.39, 0.29) is 71.7 Å². The van der Waals surface area contributed by atoms with Crippen LogP contribution in [0.5, 0.6) is 0 Å². The van der Waals surface area contributed by atoms with Crippen LogP contribution in [0.3, 0.4) is 0 Å². The third kappa shape index (κ3) is 32.2. The van der Waals surface area contributed by atoms with E-state index in [2.05, 4.69) is 0 Å². The molecular weight excluding hydrogens is 1770 g/mol. The molecule has 106 heavy (non-hydrogen) atoms. The molecule has 0 aliphatic carbocycles. The highest BCUT2D eigenvalue weighted by Crippen LogP contribution is 2.33. The van der Waals surface area contributed by atoms with Crippen molar-refractivity contribution in [2.75, 3.05) is 23.0 Å². The number of aryl methyl sites for hydroxylation is 5. The molecule has 0 amide bonds. The van der Waals surface area contributed by atoms with Gasteiger partial charge < -0.3 is 0 Å². The van der Waals surface area contributed by atoms with Crippen LogP contribution in [0.2, 0.25) is 50.2 Å². The van der Waals surface area contributed by atoms with Gasteiger partial charge in [0, 0.05) is 63.4 Å². The Hall–Kier alpha value is -4.34. The third-order valence-corrected chi connectivity index (χ3v) is 26.5. The smallest absolute Gasteiger partial charge is 0.294 e. The predicted octanol–water partition coefficient (Wildman–Crippen LogP) is 18.5. The molecule has 9 aromatic carbocycles. The van der Waals surface area contributed by atoms with Gasteiger partial charge in [-0.2, -0.15) is 50.5 Å². The lowest BCUT2D eigenvalue weighted by Gasteiger charge is -2.10. The van der Waals surface area contributed by atoms with Crippen molar-refractivity contribution >= 4 is 216 Å². The first kappa shape index (κ1) is 92.3. The number of rotatable bonds is 25. The average Bonchev–Trinajstić information content (AvgIpc) is 0.804. The van der Waals surface area contributed by atoms with Crippen molar-refractivity contribution in [3.05, 3.63) is 266 Å². The molecule has 0 aliphatic rings. The molecule has 9 rings (SSSR count). The van der Waals surface area contributed by atoms with Crippen LogP contribution < -0.4 is 0 Å². The van der Waals surface area contributed by atoms with Crippen LogP contribution in [-0.2, 0) is 103 Å². The number of ketones is 1. The first-order valence-electron chi connectivity index (χ1n) is 29.6. The summed E-state index contributed by atoms with van der Waals surface area (Å²) in [5.41, 5.74) is 4.00. The summed E-state index contributed by atoms with van der Waals surface area (Å²) < 4.78 is 210. The first-order valence-corrected chi connectivity index (χ1v) is 45.8. The van der Waals surface area contributed by atoms with Gasteiger partial charge in [-0.1, -0.05) is 158 Å². The minimum absolute atomic E-state index is 0.0118. The second-order valence-electron chi connectivity index (χ2n) is 21.7. The SMILES string of the molecule is O=C(CCc1ccc(S(=O)(=O)O)cc1)c1cc(Cl)ccc1Cl.O=S(=O)(O)CCSc1cc(Cl)ccc1Cl.O=S(=O)(O)c1ccc(CCCS(=O)(=O)c2cc(Cl)ccc2Cl)c(S(=O)(=O)O)c1.O=S(=O)(O)c1ccc(CCSc2cc(Cl)ccc2Cl)cc1.O=S(=O)(O)c1ccc(CCc2cc(Cl)ccc2Cl)cc1. The first-order chi connectivity index (χ1) is 49.1. The number of benzene rings is 9. The van der Waals surface area contributed by atoms with Gasteiger partial charge in [0.2, 0.25) is 0 Å². The molecule has 572 valence electrons. The summed E-state index contributed by atoms with van der Waals surface area (Å²) in [6.45, 7) is 0. The maximum Gasteiger partial charge on any atom is 0.294 e. The van der Waals surface area contributed by atoms with Crippen LogP contribution in [0.25, 0.3) is 0 Å². The van der Waals surface area contributed by atoms with Crippen LogP contribution in [-0.4, -0.2) is 115 Å². The summed E-state index contributed by atoms with van der Waals surface area (Å²) in [4.78, 5) is 11.7. The molecule has 0 saturated heterocycles. The Kier molecular flexibility index (Phi) is 35.9. The number of hydrogen-bond donors (Lipinski definition) is 6. The number of Topliss-reactive ketones (excluding diaryl/α,β-unsaturated/α-hetero) is 1. The molecule has 0 aromatic heterocycles. The fourth-order valence-corrected chi connectivity index (χ4v) is 18.3. The van der Waals surface area contributed by atoms with Gasteiger partial charge in [0.05, 0.1) is 61.0 Å². The molecule has 40 heteroatoms. The topological polar surface area (TPSA) is 377 Å². The molecule has 0 atom stereocenters. The van der Waals surface area contributed by atoms with Crippen LogP contribution in [0.4, 0.5) is 0 Å². The van der Waals surface area contributed by atoms with E-state index < -0.39 is 86.1 Å². The number of carbonyl (C=O) groups excluding carboxylic acids is 1. The van der Waals surface area contributed by atoms with Gasteiger partial charge in [-0.25, -0.2) is 8.42 Å². The van der Waals surface area contributed by atoms with E-state index in [1.54, 1.807) is 103 Å². The lowest BCUT2D eigenvalue weighted by atomic mass is 10.0. The van der Waals surface area contributed by atoms with Gasteiger partial charge in [-0.15, -0.1) is 23.5 Å². The minimum atomic E-state index is -4.81. The van der Waals surface area contributed by atoms with Crippen LogP contribution >= 0.6 is 140 Å². The largest absolute Gasteiger partial charge is 0.294 e. The van der Waals surface area contributed by atoms with Crippen molar-refractivity contribution in [2.45, 2.75) is 84.1 Å². The van der Waals surface area contributed by atoms with E-state index in [4.69, 9.17) is 139 Å². The Balaban J connectivity index is 0.000000241. The second kappa shape index (κ2) is 41.3. The van der Waals surface area contributed by atoms with Crippen molar-refractivity contribution in [2.24, 2.45) is 0 Å². The Morgan fingerprint density at radius 3 is 1.15 bits per heavy atom. The molecule has 9 aromatic rings. The van der Waals surface area contributed by atoms with Crippen LogP contribution in [0.15, 0.2) is 221 Å². The van der Waals surface area contributed by atoms with Gasteiger partial charge in [-0.05, 0) is 206 Å². The molecule has 0 saturated carbocycles. The van der Waals surface area contributed by atoms with Gasteiger partial charge in [0.25, 0.3) is 60.7 Å². The maximum atomic E-state index is 12.4. The standard InChI is InChI=1S/C15H14Cl2O8S3.C15H12Cl2O4S.C14H12Cl2O3S2.C14H12Cl2O3S.C8H8Cl2O3S2/c16-11-4-6-13(17)15(8-11)26(18,19)7-1-2-10-3-5-12(27(20,21)22)9-14(10)28(23,24)25;16-11-4-7-14(17)13(9-11)15(18)8-3-10-1-5-12(6-2-10)22(19,20)21;15-11-3-6-13(16)14(9-11)20-8-7-10-1-4-12(5-2-10)21(17,18)19;15-12-5-8-14(16)11(9-12)4-1-10-2-6-13(7-3-10)20(17,18)19;9-6-1-2-7(10)8(5-6)14-3-4-15(11,12)13/h3-6,8-9H,1-2,7H2,(H,20,21,22)(H,23,24,25);1-2,4-7,9H,3,8H2,(H,19,20,21);1-6,9H,7-8H2,(H,17,18,19);2-3,5-9H,1,4H2,(H,17,18,19);1-2,5H,3-4H2,(H,11,12,13). The third-order valence-electron chi connectivity index (χ3n) is 14.0. The summed E-state index contributed by atoms with van der Waals surface area (Å²) in [6, 6.07) is 44.8. The zero-order valence-corrected chi connectivity index (χ0v) is 68.8. The van der Waals surface area contributed by atoms with Gasteiger partial charge in [0.1, 0.15) is 0 Å². The highest BCUT2D eigenvalue weighted by molar-refractivity contribution is 8.00. The van der Waals surface area contributed by atoms with Gasteiger partial charge in [-0.3, -0.25) is 32.1 Å². The summed E-state index contributed by atoms with van der Waals surface area (Å²) in [7, 11) is -29.7. The lowest BCUT2D eigenvalue weighted by Crippen LogP contribution is -2.11. The molecular formula is C66H58Cl10O21S9. The maximum absolute atomic E-state index is 12.4. The molecule has 6 N–H and O–H groups in total. The fraction of sp³-hybridized carbons (Fsp3) is 0.167. The van der Waals surface area contributed by atoms with Gasteiger partial charge in [0.15, 0.2) is 15.6 Å². The number of thioether (sulfide) groups is 2. The van der Waals surface area contributed by atoms with Crippen molar-refractivity contribution in [3.8, 4) is 0 Å². The molecule has 0 heterocycles. The zero-order chi connectivity index (χ0) is 79.3.